The van der Waals surface area contributed by atoms with E-state index in [2.05, 4.69) is 18.8 Å². The number of unbranched alkanes of at least 4 members (excludes halogenated alkanes) is 1. The number of nitrogens with two attached hydrogens (primary N) is 1. The summed E-state index contributed by atoms with van der Waals surface area (Å²) >= 11 is 0. The maximum absolute atomic E-state index is 5.90. The SMILES string of the molecule is CCCCC(CC)COc1ccc(N)c(OCC2CC2)n1. The fraction of sp³-hybridized carbons (Fsp3) is 0.706. The molecule has 0 bridgehead atoms. The number of anilines is 1. The molecule has 118 valence electrons. The van der Waals surface area contributed by atoms with Gasteiger partial charge in [0.15, 0.2) is 0 Å². The van der Waals surface area contributed by atoms with Crippen molar-refractivity contribution in [3.63, 3.8) is 0 Å². The summed E-state index contributed by atoms with van der Waals surface area (Å²) in [6.45, 7) is 5.87. The Kier molecular flexibility index (Phi) is 6.15. The number of hydrogen-bond acceptors (Lipinski definition) is 4. The van der Waals surface area contributed by atoms with Crippen molar-refractivity contribution in [2.45, 2.75) is 52.4 Å². The summed E-state index contributed by atoms with van der Waals surface area (Å²) in [6, 6.07) is 3.64. The molecule has 0 aromatic carbocycles. The molecule has 4 heteroatoms. The molecule has 1 aliphatic rings. The van der Waals surface area contributed by atoms with Gasteiger partial charge in [-0.3, -0.25) is 0 Å². The molecule has 2 rings (SSSR count). The summed E-state index contributed by atoms with van der Waals surface area (Å²) in [5.74, 6) is 2.42. The molecule has 1 heterocycles. The standard InChI is InChI=1S/C17H28N2O2/c1-3-5-6-13(4-2)11-20-16-10-9-15(18)17(19-16)21-12-14-7-8-14/h9-10,13-14H,3-8,11-12,18H2,1-2H3. The highest BCUT2D eigenvalue weighted by Crippen LogP contribution is 2.31. The average Bonchev–Trinajstić information content (AvgIpc) is 3.32. The van der Waals surface area contributed by atoms with E-state index in [0.29, 0.717) is 29.3 Å². The normalized spacial score (nSPS) is 15.7. The minimum absolute atomic E-state index is 0.515. The molecule has 1 aliphatic carbocycles. The second-order valence-corrected chi connectivity index (χ2v) is 6.03. The lowest BCUT2D eigenvalue weighted by molar-refractivity contribution is 0.220. The summed E-state index contributed by atoms with van der Waals surface area (Å²) in [4.78, 5) is 4.39. The van der Waals surface area contributed by atoms with Gasteiger partial charge in [0.25, 0.3) is 0 Å². The number of nitrogen functional groups attached to an aromatic ring is 1. The number of pyridine rings is 1. The van der Waals surface area contributed by atoms with Crippen LogP contribution in [0.1, 0.15) is 52.4 Å². The van der Waals surface area contributed by atoms with Gasteiger partial charge >= 0.3 is 0 Å². The monoisotopic (exact) mass is 292 g/mol. The van der Waals surface area contributed by atoms with Gasteiger partial charge in [-0.1, -0.05) is 33.1 Å². The van der Waals surface area contributed by atoms with Crippen molar-refractivity contribution in [3.05, 3.63) is 12.1 Å². The van der Waals surface area contributed by atoms with E-state index in [-0.39, 0.29) is 0 Å². The summed E-state index contributed by atoms with van der Waals surface area (Å²) in [7, 11) is 0. The van der Waals surface area contributed by atoms with Gasteiger partial charge < -0.3 is 15.2 Å². The molecule has 0 aliphatic heterocycles. The van der Waals surface area contributed by atoms with Crippen molar-refractivity contribution in [1.29, 1.82) is 0 Å². The van der Waals surface area contributed by atoms with Crippen molar-refractivity contribution >= 4 is 5.69 Å². The van der Waals surface area contributed by atoms with Gasteiger partial charge in [0.05, 0.1) is 18.9 Å². The first-order chi connectivity index (χ1) is 10.2. The minimum atomic E-state index is 0.515. The number of aromatic nitrogens is 1. The molecular formula is C17H28N2O2. The molecule has 1 unspecified atom stereocenters. The molecule has 21 heavy (non-hydrogen) atoms. The van der Waals surface area contributed by atoms with Gasteiger partial charge in [0.2, 0.25) is 11.8 Å². The van der Waals surface area contributed by atoms with Gasteiger partial charge in [-0.2, -0.15) is 4.98 Å². The third-order valence-corrected chi connectivity index (χ3v) is 4.03. The van der Waals surface area contributed by atoms with Gasteiger partial charge in [-0.05, 0) is 37.2 Å². The molecule has 1 fully saturated rings. The Hall–Kier alpha value is -1.45. The number of nitrogens with zero attached hydrogens (tertiary/aromatic N) is 1. The van der Waals surface area contributed by atoms with Crippen LogP contribution in [0.2, 0.25) is 0 Å². The fourth-order valence-electron chi connectivity index (χ4n) is 2.21. The summed E-state index contributed by atoms with van der Waals surface area (Å²) in [6.07, 6.45) is 7.35. The van der Waals surface area contributed by atoms with Crippen LogP contribution in [0.3, 0.4) is 0 Å². The maximum Gasteiger partial charge on any atom is 0.240 e. The highest BCUT2D eigenvalue weighted by atomic mass is 16.5. The lowest BCUT2D eigenvalue weighted by atomic mass is 10.0. The van der Waals surface area contributed by atoms with Gasteiger partial charge in [0.1, 0.15) is 0 Å². The molecule has 1 saturated carbocycles. The van der Waals surface area contributed by atoms with Gasteiger partial charge in [0, 0.05) is 6.07 Å². The largest absolute Gasteiger partial charge is 0.477 e. The van der Waals surface area contributed by atoms with Crippen molar-refractivity contribution in [3.8, 4) is 11.8 Å². The van der Waals surface area contributed by atoms with Crippen molar-refractivity contribution in [2.24, 2.45) is 11.8 Å². The predicted octanol–water partition coefficient (Wildman–Crippen LogP) is 4.05. The summed E-state index contributed by atoms with van der Waals surface area (Å²) in [5, 5.41) is 0. The lowest BCUT2D eigenvalue weighted by Crippen LogP contribution is -2.12. The Bertz CT molecular complexity index is 433. The molecular weight excluding hydrogens is 264 g/mol. The van der Waals surface area contributed by atoms with E-state index >= 15 is 0 Å². The highest BCUT2D eigenvalue weighted by Gasteiger charge is 2.22. The Morgan fingerprint density at radius 2 is 2.10 bits per heavy atom. The van der Waals surface area contributed by atoms with Crippen molar-refractivity contribution in [1.82, 2.24) is 4.98 Å². The van der Waals surface area contributed by atoms with Crippen LogP contribution < -0.4 is 15.2 Å². The van der Waals surface area contributed by atoms with Crippen LogP contribution in [0.25, 0.3) is 0 Å². The molecule has 0 amide bonds. The predicted molar refractivity (Wildman–Crippen MR) is 85.7 cm³/mol. The first-order valence-electron chi connectivity index (χ1n) is 8.25. The summed E-state index contributed by atoms with van der Waals surface area (Å²) < 4.78 is 11.5. The zero-order chi connectivity index (χ0) is 15.1. The van der Waals surface area contributed by atoms with Gasteiger partial charge in [-0.25, -0.2) is 0 Å². The molecule has 2 N–H and O–H groups in total. The molecule has 4 nitrogen and oxygen atoms in total. The van der Waals surface area contributed by atoms with Crippen LogP contribution in [0.4, 0.5) is 5.69 Å². The van der Waals surface area contributed by atoms with E-state index in [1.807, 2.05) is 12.1 Å². The first kappa shape index (κ1) is 15.9. The minimum Gasteiger partial charge on any atom is -0.477 e. The molecule has 0 radical (unpaired) electrons. The molecule has 0 spiro atoms. The van der Waals surface area contributed by atoms with E-state index in [1.54, 1.807) is 0 Å². The third kappa shape index (κ3) is 5.44. The second kappa shape index (κ2) is 8.11. The van der Waals surface area contributed by atoms with Crippen molar-refractivity contribution in [2.75, 3.05) is 18.9 Å². The quantitative estimate of drug-likeness (QED) is 0.707. The number of ether oxygens (including phenoxy) is 2. The zero-order valence-electron chi connectivity index (χ0n) is 13.3. The zero-order valence-corrected chi connectivity index (χ0v) is 13.3. The van der Waals surface area contributed by atoms with Crippen LogP contribution >= 0.6 is 0 Å². The number of rotatable bonds is 10. The third-order valence-electron chi connectivity index (χ3n) is 4.03. The number of hydrogen-bond donors (Lipinski definition) is 1. The van der Waals surface area contributed by atoms with E-state index in [9.17, 15) is 0 Å². The van der Waals surface area contributed by atoms with Crippen LogP contribution in [0.15, 0.2) is 12.1 Å². The Balaban J connectivity index is 1.85. The second-order valence-electron chi connectivity index (χ2n) is 6.03. The fourth-order valence-corrected chi connectivity index (χ4v) is 2.21. The topological polar surface area (TPSA) is 57.4 Å². The Morgan fingerprint density at radius 3 is 2.76 bits per heavy atom. The lowest BCUT2D eigenvalue weighted by Gasteiger charge is -2.16. The first-order valence-corrected chi connectivity index (χ1v) is 8.25. The molecule has 0 saturated heterocycles. The molecule has 1 aromatic heterocycles. The smallest absolute Gasteiger partial charge is 0.240 e. The van der Waals surface area contributed by atoms with E-state index in [0.717, 1.165) is 19.6 Å². The summed E-state index contributed by atoms with van der Waals surface area (Å²) in [5.41, 5.74) is 6.49. The Morgan fingerprint density at radius 1 is 1.29 bits per heavy atom. The van der Waals surface area contributed by atoms with Crippen molar-refractivity contribution < 1.29 is 9.47 Å². The molecule has 1 aromatic rings. The van der Waals surface area contributed by atoms with E-state index in [1.165, 1.54) is 32.1 Å². The van der Waals surface area contributed by atoms with Crippen LogP contribution in [0.5, 0.6) is 11.8 Å². The average molecular weight is 292 g/mol. The Labute approximate surface area is 128 Å². The van der Waals surface area contributed by atoms with Crippen LogP contribution in [-0.2, 0) is 0 Å². The van der Waals surface area contributed by atoms with E-state index < -0.39 is 0 Å². The van der Waals surface area contributed by atoms with E-state index in [4.69, 9.17) is 15.2 Å². The highest BCUT2D eigenvalue weighted by molar-refractivity contribution is 5.49. The van der Waals surface area contributed by atoms with Gasteiger partial charge in [-0.15, -0.1) is 0 Å². The van der Waals surface area contributed by atoms with Crippen LogP contribution in [-0.4, -0.2) is 18.2 Å². The maximum atomic E-state index is 5.90. The molecule has 1 atom stereocenters. The van der Waals surface area contributed by atoms with Crippen LogP contribution in [0, 0.1) is 11.8 Å².